The second kappa shape index (κ2) is 7.21. The minimum Gasteiger partial charge on any atom is -0.493 e. The summed E-state index contributed by atoms with van der Waals surface area (Å²) >= 11 is 0. The molecule has 0 spiro atoms. The Bertz CT molecular complexity index is 464. The smallest absolute Gasteiger partial charge is 0.407 e. The summed E-state index contributed by atoms with van der Waals surface area (Å²) in [5, 5.41) is 2.37. The highest BCUT2D eigenvalue weighted by molar-refractivity contribution is 5.54. The first-order valence-electron chi connectivity index (χ1n) is 6.09. The molecule has 1 rings (SSSR count). The number of hydrogen-bond acceptors (Lipinski definition) is 4. The summed E-state index contributed by atoms with van der Waals surface area (Å²) in [6.45, 7) is 3.42. The number of hydrogen-bond donors (Lipinski definition) is 1. The quantitative estimate of drug-likeness (QED) is 0.786. The lowest BCUT2D eigenvalue weighted by Gasteiger charge is -2.23. The highest BCUT2D eigenvalue weighted by Gasteiger charge is 2.41. The Morgan fingerprint density at radius 2 is 1.67 bits per heavy atom. The molecule has 0 heterocycles. The van der Waals surface area contributed by atoms with Gasteiger partial charge in [-0.3, -0.25) is 5.32 Å². The molecule has 7 heteroatoms. The van der Waals surface area contributed by atoms with Gasteiger partial charge in [0.25, 0.3) is 0 Å². The first-order valence-corrected chi connectivity index (χ1v) is 6.09. The molecule has 0 radical (unpaired) electrons. The number of benzene rings is 1. The summed E-state index contributed by atoms with van der Waals surface area (Å²) in [6.07, 6.45) is -3.11. The zero-order chi connectivity index (χ0) is 16.0. The Morgan fingerprint density at radius 1 is 1.14 bits per heavy atom. The molecule has 0 aromatic heterocycles. The molecule has 0 amide bonds. The van der Waals surface area contributed by atoms with E-state index in [2.05, 4.69) is 11.9 Å². The molecule has 0 aliphatic rings. The Hall–Kier alpha value is -1.89. The van der Waals surface area contributed by atoms with Gasteiger partial charge in [-0.25, -0.2) is 0 Å². The third-order valence-electron chi connectivity index (χ3n) is 2.81. The molecule has 0 saturated heterocycles. The molecule has 1 unspecified atom stereocenters. The lowest BCUT2D eigenvalue weighted by atomic mass is 10.0. The van der Waals surface area contributed by atoms with Crippen LogP contribution in [0, 0.1) is 0 Å². The fraction of sp³-hybridized carbons (Fsp3) is 0.429. The maximum absolute atomic E-state index is 13.2. The van der Waals surface area contributed by atoms with E-state index in [-0.39, 0.29) is 29.4 Å². The van der Waals surface area contributed by atoms with Gasteiger partial charge in [-0.2, -0.15) is 13.2 Å². The summed E-state index contributed by atoms with van der Waals surface area (Å²) < 4.78 is 54.7. The maximum atomic E-state index is 13.2. The van der Waals surface area contributed by atoms with Crippen molar-refractivity contribution in [2.45, 2.75) is 12.2 Å². The molecule has 0 bridgehead atoms. The van der Waals surface area contributed by atoms with E-state index in [1.165, 1.54) is 39.5 Å². The number of nitrogens with one attached hydrogen (secondary N) is 1. The van der Waals surface area contributed by atoms with Gasteiger partial charge in [0.2, 0.25) is 5.75 Å². The van der Waals surface area contributed by atoms with E-state index in [1.54, 1.807) is 0 Å². The standard InChI is InChI=1S/C14H18F3NO3/c1-5-6-18-13(14(15,16)17)9-7-10(19-2)12(21-4)11(8-9)20-3/h5,7-8,13,18H,1,6H2,2-4H3. The zero-order valence-corrected chi connectivity index (χ0v) is 12.1. The van der Waals surface area contributed by atoms with Crippen molar-refractivity contribution in [1.29, 1.82) is 0 Å². The van der Waals surface area contributed by atoms with Gasteiger partial charge in [-0.15, -0.1) is 6.58 Å². The van der Waals surface area contributed by atoms with E-state index >= 15 is 0 Å². The van der Waals surface area contributed by atoms with E-state index in [9.17, 15) is 13.2 Å². The molecule has 1 aromatic carbocycles. The zero-order valence-electron chi connectivity index (χ0n) is 12.1. The molecule has 0 aliphatic carbocycles. The fourth-order valence-electron chi connectivity index (χ4n) is 1.89. The predicted molar refractivity (Wildman–Crippen MR) is 73.1 cm³/mol. The van der Waals surface area contributed by atoms with Gasteiger partial charge in [-0.05, 0) is 17.7 Å². The number of methoxy groups -OCH3 is 3. The molecule has 0 aliphatic heterocycles. The molecule has 1 aromatic rings. The first-order chi connectivity index (χ1) is 9.88. The molecule has 0 fully saturated rings. The molecular weight excluding hydrogens is 287 g/mol. The first kappa shape index (κ1) is 17.2. The topological polar surface area (TPSA) is 39.7 Å². The largest absolute Gasteiger partial charge is 0.493 e. The summed E-state index contributed by atoms with van der Waals surface area (Å²) in [4.78, 5) is 0. The lowest BCUT2D eigenvalue weighted by molar-refractivity contribution is -0.157. The summed E-state index contributed by atoms with van der Waals surface area (Å²) in [6, 6.07) is 0.690. The summed E-state index contributed by atoms with van der Waals surface area (Å²) in [5.74, 6) is 0.580. The Labute approximate surface area is 121 Å². The van der Waals surface area contributed by atoms with Crippen LogP contribution in [0.1, 0.15) is 11.6 Å². The molecule has 1 atom stereocenters. The van der Waals surface area contributed by atoms with Gasteiger partial charge < -0.3 is 14.2 Å². The second-order valence-corrected chi connectivity index (χ2v) is 4.13. The predicted octanol–water partition coefficient (Wildman–Crippen LogP) is 3.09. The molecule has 21 heavy (non-hydrogen) atoms. The van der Waals surface area contributed by atoms with Crippen molar-refractivity contribution in [3.05, 3.63) is 30.4 Å². The van der Waals surface area contributed by atoms with Crippen LogP contribution in [0.15, 0.2) is 24.8 Å². The normalized spacial score (nSPS) is 12.7. The number of ether oxygens (including phenoxy) is 3. The maximum Gasteiger partial charge on any atom is 0.407 e. The van der Waals surface area contributed by atoms with Crippen LogP contribution in [0.2, 0.25) is 0 Å². The highest BCUT2D eigenvalue weighted by atomic mass is 19.4. The third-order valence-corrected chi connectivity index (χ3v) is 2.81. The summed E-state index contributed by atoms with van der Waals surface area (Å²) in [5.41, 5.74) is -0.0288. The monoisotopic (exact) mass is 305 g/mol. The average Bonchev–Trinajstić information content (AvgIpc) is 2.45. The lowest BCUT2D eigenvalue weighted by Crippen LogP contribution is -2.34. The SMILES string of the molecule is C=CCNC(c1cc(OC)c(OC)c(OC)c1)C(F)(F)F. The molecule has 1 N–H and O–H groups in total. The molecule has 4 nitrogen and oxygen atoms in total. The second-order valence-electron chi connectivity index (χ2n) is 4.13. The van der Waals surface area contributed by atoms with Crippen molar-refractivity contribution in [3.63, 3.8) is 0 Å². The van der Waals surface area contributed by atoms with Gasteiger partial charge in [0.15, 0.2) is 11.5 Å². The van der Waals surface area contributed by atoms with Crippen molar-refractivity contribution in [3.8, 4) is 17.2 Å². The Balaban J connectivity index is 3.34. The number of halogens is 3. The minimum absolute atomic E-state index is 0.0147. The van der Waals surface area contributed by atoms with Gasteiger partial charge >= 0.3 is 6.18 Å². The van der Waals surface area contributed by atoms with Crippen molar-refractivity contribution < 1.29 is 27.4 Å². The molecular formula is C14H18F3NO3. The van der Waals surface area contributed by atoms with Crippen LogP contribution in [0.3, 0.4) is 0 Å². The fourth-order valence-corrected chi connectivity index (χ4v) is 1.89. The van der Waals surface area contributed by atoms with Crippen LogP contribution >= 0.6 is 0 Å². The van der Waals surface area contributed by atoms with E-state index in [0.717, 1.165) is 0 Å². The number of rotatable bonds is 7. The van der Waals surface area contributed by atoms with Gasteiger partial charge in [-0.1, -0.05) is 6.08 Å². The van der Waals surface area contributed by atoms with E-state index in [0.29, 0.717) is 0 Å². The van der Waals surface area contributed by atoms with Crippen LogP contribution in [-0.4, -0.2) is 34.1 Å². The van der Waals surface area contributed by atoms with Crippen molar-refractivity contribution >= 4 is 0 Å². The highest BCUT2D eigenvalue weighted by Crippen LogP contribution is 2.42. The van der Waals surface area contributed by atoms with Crippen molar-refractivity contribution in [2.75, 3.05) is 27.9 Å². The van der Waals surface area contributed by atoms with Crippen LogP contribution in [0.5, 0.6) is 17.2 Å². The van der Waals surface area contributed by atoms with Gasteiger partial charge in [0.1, 0.15) is 6.04 Å². The number of alkyl halides is 3. The van der Waals surface area contributed by atoms with Crippen molar-refractivity contribution in [2.24, 2.45) is 0 Å². The van der Waals surface area contributed by atoms with Crippen LogP contribution in [0.25, 0.3) is 0 Å². The summed E-state index contributed by atoms with van der Waals surface area (Å²) in [7, 11) is 4.08. The van der Waals surface area contributed by atoms with E-state index < -0.39 is 12.2 Å². The van der Waals surface area contributed by atoms with E-state index in [1.807, 2.05) is 0 Å². The Morgan fingerprint density at radius 3 is 2.00 bits per heavy atom. The Kier molecular flexibility index (Phi) is 5.90. The van der Waals surface area contributed by atoms with Gasteiger partial charge in [0.05, 0.1) is 21.3 Å². The van der Waals surface area contributed by atoms with Crippen molar-refractivity contribution in [1.82, 2.24) is 5.32 Å². The van der Waals surface area contributed by atoms with Crippen LogP contribution < -0.4 is 19.5 Å². The third kappa shape index (κ3) is 4.04. The van der Waals surface area contributed by atoms with Crippen LogP contribution in [0.4, 0.5) is 13.2 Å². The van der Waals surface area contributed by atoms with Crippen LogP contribution in [-0.2, 0) is 0 Å². The van der Waals surface area contributed by atoms with E-state index in [4.69, 9.17) is 14.2 Å². The molecule has 0 saturated carbocycles. The molecule has 118 valence electrons. The van der Waals surface area contributed by atoms with Gasteiger partial charge in [0, 0.05) is 6.54 Å². The average molecular weight is 305 g/mol. The minimum atomic E-state index is -4.46.